The summed E-state index contributed by atoms with van der Waals surface area (Å²) in [4.78, 5) is 53.9. The van der Waals surface area contributed by atoms with Crippen molar-refractivity contribution in [2.24, 2.45) is 11.8 Å². The van der Waals surface area contributed by atoms with Crippen LogP contribution in [0, 0.1) is 11.8 Å². The van der Waals surface area contributed by atoms with Crippen LogP contribution in [-0.2, 0) is 25.7 Å². The smallest absolute Gasteiger partial charge is 0.242 e. The van der Waals surface area contributed by atoms with Gasteiger partial charge in [-0.1, -0.05) is 48.3 Å². The van der Waals surface area contributed by atoms with E-state index in [9.17, 15) is 19.2 Å². The molecule has 3 atom stereocenters. The summed E-state index contributed by atoms with van der Waals surface area (Å²) in [5.74, 6) is -1.72. The second kappa shape index (κ2) is 11.2. The minimum atomic E-state index is -0.757. The molecule has 1 aliphatic heterocycles. The molecule has 0 spiro atoms. The fraction of sp³-hybridized carbons (Fsp3) is 0.500. The van der Waals surface area contributed by atoms with Crippen molar-refractivity contribution in [2.45, 2.75) is 52.1 Å². The average Bonchev–Trinajstić information content (AvgIpc) is 3.04. The maximum absolute atomic E-state index is 13.2. The third-order valence-corrected chi connectivity index (χ3v) is 6.81. The number of carbonyl (C=O) groups is 4. The van der Waals surface area contributed by atoms with Crippen LogP contribution < -0.4 is 5.32 Å². The highest BCUT2D eigenvalue weighted by Crippen LogP contribution is 2.35. The van der Waals surface area contributed by atoms with Crippen LogP contribution >= 0.6 is 23.2 Å². The molecule has 178 valence electrons. The van der Waals surface area contributed by atoms with Crippen molar-refractivity contribution in [1.82, 2.24) is 15.1 Å². The van der Waals surface area contributed by atoms with Crippen molar-refractivity contribution < 1.29 is 19.2 Å². The summed E-state index contributed by atoms with van der Waals surface area (Å²) >= 11 is 12.3. The lowest BCUT2D eigenvalue weighted by Gasteiger charge is -2.29. The zero-order valence-corrected chi connectivity index (χ0v) is 20.4. The number of allylic oxidation sites excluding steroid dienone is 2. The van der Waals surface area contributed by atoms with Gasteiger partial charge in [0, 0.05) is 36.1 Å². The number of hydrogen-bond donors (Lipinski definition) is 1. The third-order valence-electron chi connectivity index (χ3n) is 6.22. The van der Waals surface area contributed by atoms with Gasteiger partial charge in [-0.3, -0.25) is 24.1 Å². The minimum Gasteiger partial charge on any atom is -0.354 e. The molecule has 0 bridgehead atoms. The van der Waals surface area contributed by atoms with Crippen LogP contribution in [0.3, 0.4) is 0 Å². The number of benzene rings is 1. The number of amides is 4. The van der Waals surface area contributed by atoms with Gasteiger partial charge in [-0.05, 0) is 43.9 Å². The highest BCUT2D eigenvalue weighted by Gasteiger charge is 2.47. The summed E-state index contributed by atoms with van der Waals surface area (Å²) in [5, 5.41) is 3.67. The number of rotatable bonds is 9. The molecule has 4 amide bonds. The first-order valence-electron chi connectivity index (χ1n) is 11.3. The molecule has 1 aromatic carbocycles. The van der Waals surface area contributed by atoms with Crippen molar-refractivity contribution in [3.05, 3.63) is 46.0 Å². The van der Waals surface area contributed by atoms with Crippen molar-refractivity contribution in [3.8, 4) is 0 Å². The first-order valence-corrected chi connectivity index (χ1v) is 12.0. The van der Waals surface area contributed by atoms with E-state index >= 15 is 0 Å². The van der Waals surface area contributed by atoms with Gasteiger partial charge in [0.1, 0.15) is 6.04 Å². The molecule has 1 heterocycles. The van der Waals surface area contributed by atoms with Gasteiger partial charge in [-0.25, -0.2) is 0 Å². The van der Waals surface area contributed by atoms with Crippen molar-refractivity contribution >= 4 is 46.8 Å². The number of imide groups is 1. The largest absolute Gasteiger partial charge is 0.354 e. The Morgan fingerprint density at radius 3 is 2.36 bits per heavy atom. The number of fused-ring (bicyclic) bond motifs is 1. The maximum atomic E-state index is 13.2. The normalized spacial score (nSPS) is 20.5. The van der Waals surface area contributed by atoms with Crippen LogP contribution in [0.25, 0.3) is 0 Å². The molecule has 9 heteroatoms. The summed E-state index contributed by atoms with van der Waals surface area (Å²) in [7, 11) is 0. The molecule has 1 fully saturated rings. The van der Waals surface area contributed by atoms with E-state index in [0.717, 1.165) is 6.42 Å². The van der Waals surface area contributed by atoms with Gasteiger partial charge in [0.2, 0.25) is 23.6 Å². The van der Waals surface area contributed by atoms with Gasteiger partial charge in [0.15, 0.2) is 0 Å². The lowest BCUT2D eigenvalue weighted by atomic mass is 9.85. The molecule has 0 unspecified atom stereocenters. The van der Waals surface area contributed by atoms with Crippen molar-refractivity contribution in [3.63, 3.8) is 0 Å². The minimum absolute atomic E-state index is 0.00233. The van der Waals surface area contributed by atoms with Crippen LogP contribution in [0.2, 0.25) is 10.0 Å². The molecule has 0 saturated carbocycles. The highest BCUT2D eigenvalue weighted by atomic mass is 35.5. The number of hydrogen-bond acceptors (Lipinski definition) is 4. The molecule has 1 aliphatic carbocycles. The Hall–Kier alpha value is -2.38. The van der Waals surface area contributed by atoms with Crippen molar-refractivity contribution in [1.29, 1.82) is 0 Å². The molecule has 1 aromatic rings. The fourth-order valence-corrected chi connectivity index (χ4v) is 4.72. The summed E-state index contributed by atoms with van der Waals surface area (Å²) in [6, 6.07) is 4.21. The fourth-order valence-electron chi connectivity index (χ4n) is 4.25. The predicted octanol–water partition coefficient (Wildman–Crippen LogP) is 3.58. The Morgan fingerprint density at radius 2 is 1.79 bits per heavy atom. The summed E-state index contributed by atoms with van der Waals surface area (Å²) < 4.78 is 0. The van der Waals surface area contributed by atoms with E-state index in [4.69, 9.17) is 23.2 Å². The molecular formula is C24H29Cl2N3O4. The first kappa shape index (κ1) is 25.2. The van der Waals surface area contributed by atoms with Crippen LogP contribution in [0.15, 0.2) is 30.4 Å². The molecule has 0 radical (unpaired) electrons. The van der Waals surface area contributed by atoms with E-state index < -0.39 is 6.04 Å². The Balaban J connectivity index is 1.73. The zero-order valence-electron chi connectivity index (χ0n) is 18.9. The summed E-state index contributed by atoms with van der Waals surface area (Å²) in [6.07, 6.45) is 5.65. The van der Waals surface area contributed by atoms with E-state index in [0.29, 0.717) is 35.0 Å². The molecular weight excluding hydrogens is 465 g/mol. The monoisotopic (exact) mass is 493 g/mol. The Morgan fingerprint density at radius 1 is 1.15 bits per heavy atom. The quantitative estimate of drug-likeness (QED) is 0.420. The van der Waals surface area contributed by atoms with Crippen LogP contribution in [0.4, 0.5) is 0 Å². The molecule has 1 N–H and O–H groups in total. The number of nitrogens with one attached hydrogen (secondary N) is 1. The molecule has 3 rings (SSSR count). The van der Waals surface area contributed by atoms with Gasteiger partial charge in [-0.15, -0.1) is 0 Å². The van der Waals surface area contributed by atoms with Crippen LogP contribution in [0.5, 0.6) is 0 Å². The number of likely N-dealkylation sites (tertiary alicyclic amines) is 1. The van der Waals surface area contributed by atoms with E-state index in [2.05, 4.69) is 5.32 Å². The highest BCUT2D eigenvalue weighted by molar-refractivity contribution is 6.35. The standard InChI is InChI=1S/C24H29Cl2N3O4/c1-3-11-27-22(31)15(2)29(14-16-8-9-17(25)13-20(16)26)21(30)10-12-28-23(32)18-6-4-5-7-19(18)24(28)33/h4-5,8-9,13,15,18-19H,3,6-7,10-12,14H2,1-2H3,(H,27,31)/t15-,18-,19+/m0/s1. The van der Waals surface area contributed by atoms with E-state index in [-0.39, 0.29) is 55.0 Å². The summed E-state index contributed by atoms with van der Waals surface area (Å²) in [5.41, 5.74) is 0.648. The topological polar surface area (TPSA) is 86.8 Å². The maximum Gasteiger partial charge on any atom is 0.242 e. The molecule has 2 aliphatic rings. The molecule has 0 aromatic heterocycles. The zero-order chi connectivity index (χ0) is 24.1. The average molecular weight is 494 g/mol. The Bertz CT molecular complexity index is 939. The van der Waals surface area contributed by atoms with E-state index in [1.165, 1.54) is 9.80 Å². The van der Waals surface area contributed by atoms with Gasteiger partial charge in [0.05, 0.1) is 11.8 Å². The van der Waals surface area contributed by atoms with Crippen LogP contribution in [0.1, 0.15) is 45.1 Å². The summed E-state index contributed by atoms with van der Waals surface area (Å²) in [6.45, 7) is 4.20. The Kier molecular flexibility index (Phi) is 8.54. The van der Waals surface area contributed by atoms with Gasteiger partial charge in [-0.2, -0.15) is 0 Å². The molecule has 33 heavy (non-hydrogen) atoms. The first-order chi connectivity index (χ1) is 15.7. The molecule has 7 nitrogen and oxygen atoms in total. The SMILES string of the molecule is CCCNC(=O)[C@H](C)N(Cc1ccc(Cl)cc1Cl)C(=O)CCN1C(=O)[C@H]2CC=CC[C@H]2C1=O. The number of carbonyl (C=O) groups excluding carboxylic acids is 4. The second-order valence-electron chi connectivity index (χ2n) is 8.46. The lowest BCUT2D eigenvalue weighted by molar-refractivity contribution is -0.143. The van der Waals surface area contributed by atoms with Gasteiger partial charge < -0.3 is 10.2 Å². The van der Waals surface area contributed by atoms with E-state index in [1.807, 2.05) is 19.1 Å². The van der Waals surface area contributed by atoms with Crippen molar-refractivity contribution in [2.75, 3.05) is 13.1 Å². The van der Waals surface area contributed by atoms with Gasteiger partial charge >= 0.3 is 0 Å². The Labute approximate surface area is 204 Å². The lowest BCUT2D eigenvalue weighted by Crippen LogP contribution is -2.48. The van der Waals surface area contributed by atoms with Crippen LogP contribution in [-0.4, -0.2) is 52.6 Å². The molecule has 1 saturated heterocycles. The van der Waals surface area contributed by atoms with Gasteiger partial charge in [0.25, 0.3) is 0 Å². The second-order valence-corrected chi connectivity index (χ2v) is 9.30. The number of nitrogens with zero attached hydrogens (tertiary/aromatic N) is 2. The predicted molar refractivity (Wildman–Crippen MR) is 126 cm³/mol. The number of halogens is 2. The third kappa shape index (κ3) is 5.76. The van der Waals surface area contributed by atoms with E-state index in [1.54, 1.807) is 25.1 Å².